The first-order valence-electron chi connectivity index (χ1n) is 4.42. The van der Waals surface area contributed by atoms with E-state index >= 15 is 0 Å². The SMILES string of the molecule is CC12CCCCC1=CSC(N)=N2. The van der Waals surface area contributed by atoms with Gasteiger partial charge in [-0.3, -0.25) is 4.99 Å². The van der Waals surface area contributed by atoms with Crippen molar-refractivity contribution < 1.29 is 0 Å². The molecule has 1 aliphatic carbocycles. The Labute approximate surface area is 77.3 Å². The smallest absolute Gasteiger partial charge is 0.159 e. The van der Waals surface area contributed by atoms with Crippen LogP contribution in [0.3, 0.4) is 0 Å². The molecule has 1 unspecified atom stereocenters. The minimum absolute atomic E-state index is 0.0492. The summed E-state index contributed by atoms with van der Waals surface area (Å²) in [6.45, 7) is 2.20. The van der Waals surface area contributed by atoms with Gasteiger partial charge in [-0.1, -0.05) is 18.2 Å². The minimum atomic E-state index is 0.0492. The third-order valence-electron chi connectivity index (χ3n) is 2.73. The summed E-state index contributed by atoms with van der Waals surface area (Å²) in [5.41, 5.74) is 7.22. The number of hydrogen-bond donors (Lipinski definition) is 1. The van der Waals surface area contributed by atoms with E-state index in [1.54, 1.807) is 11.8 Å². The largest absolute Gasteiger partial charge is 0.378 e. The number of nitrogens with zero attached hydrogens (tertiary/aromatic N) is 1. The summed E-state index contributed by atoms with van der Waals surface area (Å²) in [6.07, 6.45) is 4.98. The molecule has 1 saturated carbocycles. The molecule has 1 heterocycles. The van der Waals surface area contributed by atoms with E-state index < -0.39 is 0 Å². The Bertz CT molecular complexity index is 257. The van der Waals surface area contributed by atoms with Crippen molar-refractivity contribution in [1.82, 2.24) is 0 Å². The van der Waals surface area contributed by atoms with Gasteiger partial charge in [0.2, 0.25) is 0 Å². The molecule has 2 N–H and O–H groups in total. The van der Waals surface area contributed by atoms with E-state index in [1.807, 2.05) is 0 Å². The topological polar surface area (TPSA) is 38.4 Å². The maximum absolute atomic E-state index is 5.70. The summed E-state index contributed by atoms with van der Waals surface area (Å²) in [5, 5.41) is 2.92. The van der Waals surface area contributed by atoms with E-state index in [2.05, 4.69) is 17.3 Å². The molecule has 0 aromatic heterocycles. The molecule has 0 amide bonds. The zero-order valence-electron chi connectivity index (χ0n) is 7.34. The summed E-state index contributed by atoms with van der Waals surface area (Å²) >= 11 is 1.57. The fourth-order valence-corrected chi connectivity index (χ4v) is 2.82. The molecule has 12 heavy (non-hydrogen) atoms. The van der Waals surface area contributed by atoms with E-state index in [0.717, 1.165) is 5.17 Å². The van der Waals surface area contributed by atoms with Gasteiger partial charge in [0.25, 0.3) is 0 Å². The van der Waals surface area contributed by atoms with Crippen LogP contribution in [-0.2, 0) is 0 Å². The number of amidine groups is 1. The van der Waals surface area contributed by atoms with Crippen LogP contribution in [0.1, 0.15) is 32.6 Å². The maximum atomic E-state index is 5.70. The van der Waals surface area contributed by atoms with Crippen LogP contribution >= 0.6 is 11.8 Å². The first-order valence-corrected chi connectivity index (χ1v) is 5.30. The van der Waals surface area contributed by atoms with Crippen LogP contribution < -0.4 is 5.73 Å². The molecule has 1 aliphatic heterocycles. The molecule has 1 atom stereocenters. The molecule has 0 spiro atoms. The lowest BCUT2D eigenvalue weighted by atomic mass is 9.80. The average molecular weight is 182 g/mol. The first kappa shape index (κ1) is 8.17. The third-order valence-corrected chi connectivity index (χ3v) is 3.47. The molecule has 0 aromatic carbocycles. The van der Waals surface area contributed by atoms with E-state index in [9.17, 15) is 0 Å². The van der Waals surface area contributed by atoms with Crippen molar-refractivity contribution in [3.05, 3.63) is 11.0 Å². The van der Waals surface area contributed by atoms with E-state index in [4.69, 9.17) is 5.73 Å². The van der Waals surface area contributed by atoms with Gasteiger partial charge in [0.05, 0.1) is 5.54 Å². The Morgan fingerprint density at radius 2 is 2.42 bits per heavy atom. The molecule has 0 bridgehead atoms. The zero-order chi connectivity index (χ0) is 8.60. The number of aliphatic imine (C=N–C) groups is 1. The summed E-state index contributed by atoms with van der Waals surface area (Å²) < 4.78 is 0. The maximum Gasteiger partial charge on any atom is 0.159 e. The second-order valence-electron chi connectivity index (χ2n) is 3.69. The van der Waals surface area contributed by atoms with Crippen molar-refractivity contribution in [2.24, 2.45) is 10.7 Å². The molecule has 2 rings (SSSR count). The van der Waals surface area contributed by atoms with Crippen LogP contribution in [-0.4, -0.2) is 10.7 Å². The Hall–Kier alpha value is -0.440. The lowest BCUT2D eigenvalue weighted by Crippen LogP contribution is -2.33. The molecule has 66 valence electrons. The van der Waals surface area contributed by atoms with Crippen LogP contribution in [0, 0.1) is 0 Å². The fraction of sp³-hybridized carbons (Fsp3) is 0.667. The number of fused-ring (bicyclic) bond motifs is 1. The van der Waals surface area contributed by atoms with Crippen molar-refractivity contribution in [3.63, 3.8) is 0 Å². The second kappa shape index (κ2) is 2.80. The molecular weight excluding hydrogens is 168 g/mol. The van der Waals surface area contributed by atoms with Crippen molar-refractivity contribution in [1.29, 1.82) is 0 Å². The Kier molecular flexibility index (Phi) is 1.91. The molecule has 1 fully saturated rings. The van der Waals surface area contributed by atoms with Gasteiger partial charge in [-0.15, -0.1) is 0 Å². The van der Waals surface area contributed by atoms with Crippen LogP contribution in [0.2, 0.25) is 0 Å². The number of rotatable bonds is 0. The zero-order valence-corrected chi connectivity index (χ0v) is 8.16. The van der Waals surface area contributed by atoms with E-state index in [0.29, 0.717) is 0 Å². The summed E-state index contributed by atoms with van der Waals surface area (Å²) in [5.74, 6) is 0. The summed E-state index contributed by atoms with van der Waals surface area (Å²) in [7, 11) is 0. The molecule has 0 aromatic rings. The highest BCUT2D eigenvalue weighted by Gasteiger charge is 2.33. The van der Waals surface area contributed by atoms with E-state index in [1.165, 1.54) is 31.3 Å². The van der Waals surface area contributed by atoms with E-state index in [-0.39, 0.29) is 5.54 Å². The van der Waals surface area contributed by atoms with Gasteiger partial charge < -0.3 is 5.73 Å². The standard InChI is InChI=1S/C9H14N2S/c1-9-5-3-2-4-7(9)6-12-8(10)11-9/h6H,2-5H2,1H3,(H2,10,11). The molecule has 0 saturated heterocycles. The predicted octanol–water partition coefficient (Wildman–Crippen LogP) is 2.26. The summed E-state index contributed by atoms with van der Waals surface area (Å²) in [4.78, 5) is 4.53. The highest BCUT2D eigenvalue weighted by atomic mass is 32.2. The van der Waals surface area contributed by atoms with Gasteiger partial charge in [0, 0.05) is 0 Å². The first-order chi connectivity index (χ1) is 5.71. The molecule has 2 nitrogen and oxygen atoms in total. The van der Waals surface area contributed by atoms with Gasteiger partial charge >= 0.3 is 0 Å². The van der Waals surface area contributed by atoms with Crippen LogP contribution in [0.25, 0.3) is 0 Å². The fourth-order valence-electron chi connectivity index (χ4n) is 1.93. The van der Waals surface area contributed by atoms with Gasteiger partial charge in [-0.05, 0) is 37.2 Å². The highest BCUT2D eigenvalue weighted by molar-refractivity contribution is 8.16. The molecular formula is C9H14N2S. The highest BCUT2D eigenvalue weighted by Crippen LogP contribution is 2.40. The van der Waals surface area contributed by atoms with Gasteiger partial charge in [-0.2, -0.15) is 0 Å². The van der Waals surface area contributed by atoms with Crippen molar-refractivity contribution in [2.45, 2.75) is 38.1 Å². The van der Waals surface area contributed by atoms with Crippen LogP contribution in [0.4, 0.5) is 0 Å². The Morgan fingerprint density at radius 3 is 3.25 bits per heavy atom. The molecule has 3 heteroatoms. The Morgan fingerprint density at radius 1 is 1.58 bits per heavy atom. The quantitative estimate of drug-likeness (QED) is 0.624. The van der Waals surface area contributed by atoms with Crippen LogP contribution in [0.5, 0.6) is 0 Å². The van der Waals surface area contributed by atoms with Crippen LogP contribution in [0.15, 0.2) is 16.0 Å². The Balaban J connectivity index is 2.29. The minimum Gasteiger partial charge on any atom is -0.378 e. The normalized spacial score (nSPS) is 35.1. The van der Waals surface area contributed by atoms with Gasteiger partial charge in [0.1, 0.15) is 0 Å². The van der Waals surface area contributed by atoms with Crippen molar-refractivity contribution >= 4 is 16.9 Å². The number of hydrogen-bond acceptors (Lipinski definition) is 3. The molecule has 0 radical (unpaired) electrons. The van der Waals surface area contributed by atoms with Crippen molar-refractivity contribution in [3.8, 4) is 0 Å². The predicted molar refractivity (Wildman–Crippen MR) is 54.2 cm³/mol. The monoisotopic (exact) mass is 182 g/mol. The van der Waals surface area contributed by atoms with Crippen molar-refractivity contribution in [2.75, 3.05) is 0 Å². The van der Waals surface area contributed by atoms with Gasteiger partial charge in [0.15, 0.2) is 5.17 Å². The molecule has 2 aliphatic rings. The number of nitrogens with two attached hydrogens (primary N) is 1. The third kappa shape index (κ3) is 1.26. The lowest BCUT2D eigenvalue weighted by molar-refractivity contribution is 0.417. The average Bonchev–Trinajstić information content (AvgIpc) is 2.02. The summed E-state index contributed by atoms with van der Waals surface area (Å²) in [6, 6.07) is 0. The second-order valence-corrected chi connectivity index (χ2v) is 4.58. The van der Waals surface area contributed by atoms with Gasteiger partial charge in [-0.25, -0.2) is 0 Å². The number of thioether (sulfide) groups is 1. The lowest BCUT2D eigenvalue weighted by Gasteiger charge is -2.35.